The first kappa shape index (κ1) is 18.6. The van der Waals surface area contributed by atoms with Gasteiger partial charge in [-0.25, -0.2) is 13.4 Å². The Bertz CT molecular complexity index is 821. The number of carbonyl (C=O) groups excluding carboxylic acids is 1. The molecule has 140 valence electrons. The van der Waals surface area contributed by atoms with Gasteiger partial charge in [-0.2, -0.15) is 4.31 Å². The maximum atomic E-state index is 13.0. The molecule has 1 saturated heterocycles. The Morgan fingerprint density at radius 2 is 1.96 bits per heavy atom. The Kier molecular flexibility index (Phi) is 5.73. The minimum atomic E-state index is -3.59. The summed E-state index contributed by atoms with van der Waals surface area (Å²) in [6.07, 6.45) is 4.00. The highest BCUT2D eigenvalue weighted by Gasteiger charge is 2.31. The molecule has 1 atom stereocenters. The van der Waals surface area contributed by atoms with Crippen LogP contribution >= 0.6 is 0 Å². The SMILES string of the molecule is CCC(C(=O)N1CCCN(S(=O)(=O)c2cnc[nH]2)CC1)c1ccccc1. The normalized spacial score (nSPS) is 17.7. The number of benzene rings is 1. The van der Waals surface area contributed by atoms with Gasteiger partial charge in [0.15, 0.2) is 5.03 Å². The van der Waals surface area contributed by atoms with Gasteiger partial charge in [-0.1, -0.05) is 37.3 Å². The van der Waals surface area contributed by atoms with Crippen LogP contribution in [0.15, 0.2) is 47.9 Å². The van der Waals surface area contributed by atoms with Crippen molar-refractivity contribution in [2.24, 2.45) is 0 Å². The first-order valence-electron chi connectivity index (χ1n) is 8.86. The van der Waals surface area contributed by atoms with E-state index in [0.717, 1.165) is 12.0 Å². The van der Waals surface area contributed by atoms with E-state index >= 15 is 0 Å². The molecule has 0 spiro atoms. The van der Waals surface area contributed by atoms with Crippen molar-refractivity contribution in [3.63, 3.8) is 0 Å². The second-order valence-corrected chi connectivity index (χ2v) is 8.28. The van der Waals surface area contributed by atoms with Crippen molar-refractivity contribution in [1.82, 2.24) is 19.2 Å². The van der Waals surface area contributed by atoms with E-state index in [0.29, 0.717) is 26.1 Å². The van der Waals surface area contributed by atoms with E-state index in [9.17, 15) is 13.2 Å². The van der Waals surface area contributed by atoms with Crippen molar-refractivity contribution in [3.8, 4) is 0 Å². The van der Waals surface area contributed by atoms with E-state index in [2.05, 4.69) is 9.97 Å². The van der Waals surface area contributed by atoms with Crippen LogP contribution in [0.3, 0.4) is 0 Å². The number of hydrogen-bond donors (Lipinski definition) is 1. The molecule has 0 saturated carbocycles. The van der Waals surface area contributed by atoms with E-state index in [1.54, 1.807) is 4.90 Å². The molecule has 8 heteroatoms. The van der Waals surface area contributed by atoms with Crippen molar-refractivity contribution in [2.75, 3.05) is 26.2 Å². The maximum Gasteiger partial charge on any atom is 0.260 e. The molecular formula is C18H24N4O3S. The van der Waals surface area contributed by atoms with Crippen LogP contribution in [0.4, 0.5) is 0 Å². The van der Waals surface area contributed by atoms with Crippen LogP contribution in [0.1, 0.15) is 31.2 Å². The van der Waals surface area contributed by atoms with Crippen LogP contribution in [-0.4, -0.2) is 59.7 Å². The molecule has 2 heterocycles. The summed E-state index contributed by atoms with van der Waals surface area (Å²) < 4.78 is 26.7. The molecule has 0 aliphatic carbocycles. The monoisotopic (exact) mass is 376 g/mol. The summed E-state index contributed by atoms with van der Waals surface area (Å²) in [4.78, 5) is 21.3. The van der Waals surface area contributed by atoms with Crippen molar-refractivity contribution in [2.45, 2.75) is 30.7 Å². The summed E-state index contributed by atoms with van der Waals surface area (Å²) in [5.41, 5.74) is 1.01. The number of nitrogens with zero attached hydrogens (tertiary/aromatic N) is 3. The van der Waals surface area contributed by atoms with Crippen molar-refractivity contribution < 1.29 is 13.2 Å². The Hall–Kier alpha value is -2.19. The molecule has 1 aliphatic heterocycles. The van der Waals surface area contributed by atoms with Gasteiger partial charge >= 0.3 is 0 Å². The topological polar surface area (TPSA) is 86.4 Å². The number of hydrogen-bond acceptors (Lipinski definition) is 4. The van der Waals surface area contributed by atoms with E-state index in [-0.39, 0.29) is 23.4 Å². The zero-order chi connectivity index (χ0) is 18.6. The van der Waals surface area contributed by atoms with Gasteiger partial charge < -0.3 is 9.88 Å². The number of amides is 1. The highest BCUT2D eigenvalue weighted by atomic mass is 32.2. The number of imidazole rings is 1. The molecule has 0 radical (unpaired) electrons. The zero-order valence-electron chi connectivity index (χ0n) is 14.8. The van der Waals surface area contributed by atoms with E-state index in [4.69, 9.17) is 0 Å². The fraction of sp³-hybridized carbons (Fsp3) is 0.444. The average molecular weight is 376 g/mol. The van der Waals surface area contributed by atoms with Gasteiger partial charge in [0, 0.05) is 26.2 Å². The molecule has 3 rings (SSSR count). The summed E-state index contributed by atoms with van der Waals surface area (Å²) in [5, 5.41) is 0.0907. The Morgan fingerprint density at radius 1 is 1.19 bits per heavy atom. The molecule has 1 fully saturated rings. The van der Waals surface area contributed by atoms with Gasteiger partial charge in [-0.3, -0.25) is 4.79 Å². The summed E-state index contributed by atoms with van der Waals surface area (Å²) >= 11 is 0. The van der Waals surface area contributed by atoms with Crippen LogP contribution in [0.25, 0.3) is 0 Å². The Labute approximate surface area is 154 Å². The quantitative estimate of drug-likeness (QED) is 0.862. The third-order valence-electron chi connectivity index (χ3n) is 4.77. The van der Waals surface area contributed by atoms with E-state index in [1.165, 1.54) is 16.8 Å². The van der Waals surface area contributed by atoms with E-state index < -0.39 is 10.0 Å². The van der Waals surface area contributed by atoms with Gasteiger partial charge in [-0.05, 0) is 18.4 Å². The van der Waals surface area contributed by atoms with Gasteiger partial charge in [0.1, 0.15) is 0 Å². The molecule has 26 heavy (non-hydrogen) atoms. The van der Waals surface area contributed by atoms with E-state index in [1.807, 2.05) is 37.3 Å². The number of nitrogens with one attached hydrogen (secondary N) is 1. The predicted octanol–water partition coefficient (Wildman–Crippen LogP) is 1.83. The zero-order valence-corrected chi connectivity index (χ0v) is 15.7. The number of rotatable bonds is 5. The number of aromatic amines is 1. The lowest BCUT2D eigenvalue weighted by Gasteiger charge is -2.26. The van der Waals surface area contributed by atoms with Crippen LogP contribution in [0.2, 0.25) is 0 Å². The summed E-state index contributed by atoms with van der Waals surface area (Å²) in [6.45, 7) is 3.65. The number of H-pyrrole nitrogens is 1. The Morgan fingerprint density at radius 3 is 2.62 bits per heavy atom. The molecule has 1 aromatic heterocycles. The Balaban J connectivity index is 1.71. The lowest BCUT2D eigenvalue weighted by atomic mass is 9.95. The van der Waals surface area contributed by atoms with Gasteiger partial charge in [0.25, 0.3) is 10.0 Å². The van der Waals surface area contributed by atoms with Crippen LogP contribution < -0.4 is 0 Å². The molecule has 2 aromatic rings. The highest BCUT2D eigenvalue weighted by Crippen LogP contribution is 2.23. The first-order valence-corrected chi connectivity index (χ1v) is 10.3. The third kappa shape index (κ3) is 3.81. The largest absolute Gasteiger partial charge is 0.341 e. The number of aromatic nitrogens is 2. The van der Waals surface area contributed by atoms with Crippen molar-refractivity contribution in [3.05, 3.63) is 48.4 Å². The second-order valence-electron chi connectivity index (χ2n) is 6.37. The molecule has 1 unspecified atom stereocenters. The molecule has 0 bridgehead atoms. The third-order valence-corrected chi connectivity index (χ3v) is 6.59. The first-order chi connectivity index (χ1) is 12.5. The lowest BCUT2D eigenvalue weighted by Crippen LogP contribution is -2.39. The van der Waals surface area contributed by atoms with Crippen LogP contribution in [-0.2, 0) is 14.8 Å². The molecule has 1 aliphatic rings. The maximum absolute atomic E-state index is 13.0. The van der Waals surface area contributed by atoms with Crippen molar-refractivity contribution in [1.29, 1.82) is 0 Å². The molecule has 1 N–H and O–H groups in total. The number of carbonyl (C=O) groups is 1. The average Bonchev–Trinajstić information content (AvgIpc) is 3.08. The predicted molar refractivity (Wildman–Crippen MR) is 98.0 cm³/mol. The van der Waals surface area contributed by atoms with Gasteiger partial charge in [0.05, 0.1) is 18.4 Å². The van der Waals surface area contributed by atoms with Crippen LogP contribution in [0, 0.1) is 0 Å². The second kappa shape index (κ2) is 8.01. The molecule has 7 nitrogen and oxygen atoms in total. The van der Waals surface area contributed by atoms with Crippen molar-refractivity contribution >= 4 is 15.9 Å². The minimum Gasteiger partial charge on any atom is -0.341 e. The lowest BCUT2D eigenvalue weighted by molar-refractivity contribution is -0.132. The van der Waals surface area contributed by atoms with Crippen LogP contribution in [0.5, 0.6) is 0 Å². The summed E-state index contributed by atoms with van der Waals surface area (Å²) in [5.74, 6) is -0.119. The number of sulfonamides is 1. The highest BCUT2D eigenvalue weighted by molar-refractivity contribution is 7.89. The fourth-order valence-corrected chi connectivity index (χ4v) is 4.70. The summed E-state index contributed by atoms with van der Waals surface area (Å²) in [6, 6.07) is 9.75. The van der Waals surface area contributed by atoms with Gasteiger partial charge in [0.2, 0.25) is 5.91 Å². The fourth-order valence-electron chi connectivity index (χ4n) is 3.34. The van der Waals surface area contributed by atoms with Gasteiger partial charge in [-0.15, -0.1) is 0 Å². The standard InChI is InChI=1S/C18H24N4O3S/c1-2-16(15-7-4-3-5-8-15)18(23)21-9-6-10-22(12-11-21)26(24,25)17-13-19-14-20-17/h3-5,7-8,13-14,16H,2,6,9-12H2,1H3,(H,19,20). The summed E-state index contributed by atoms with van der Waals surface area (Å²) in [7, 11) is -3.59. The molecule has 1 aromatic carbocycles. The molecule has 1 amide bonds. The smallest absolute Gasteiger partial charge is 0.260 e. The molecular weight excluding hydrogens is 352 g/mol. The minimum absolute atomic E-state index is 0.0690.